The zero-order valence-corrected chi connectivity index (χ0v) is 12.8. The average Bonchev–Trinajstić information content (AvgIpc) is 2.93. The molecule has 19 heavy (non-hydrogen) atoms. The molecule has 6 heteroatoms. The molecule has 102 valence electrons. The summed E-state index contributed by atoms with van der Waals surface area (Å²) in [6, 6.07) is 1.50. The fourth-order valence-electron chi connectivity index (χ4n) is 3.33. The molecular weight excluding hydrogens is 332 g/mol. The minimum absolute atomic E-state index is 0.202. The smallest absolute Gasteiger partial charge is 0.271 e. The topological polar surface area (TPSA) is 51.1 Å². The highest BCUT2D eigenvalue weighted by atomic mass is 79.9. The van der Waals surface area contributed by atoms with Gasteiger partial charge in [-0.3, -0.25) is 14.2 Å². The van der Waals surface area contributed by atoms with E-state index in [9.17, 15) is 9.59 Å². The molecule has 1 saturated carbocycles. The molecule has 1 aromatic rings. The van der Waals surface area contributed by atoms with Crippen LogP contribution in [-0.4, -0.2) is 10.5 Å². The number of hydrogen-bond acceptors (Lipinski definition) is 2. The Morgan fingerprint density at radius 1 is 1.42 bits per heavy atom. The van der Waals surface area contributed by atoms with Crippen molar-refractivity contribution < 1.29 is 4.79 Å². The van der Waals surface area contributed by atoms with E-state index in [1.807, 2.05) is 6.92 Å². The summed E-state index contributed by atoms with van der Waals surface area (Å²) < 4.78 is 1.93. The van der Waals surface area contributed by atoms with Crippen LogP contribution in [0.2, 0.25) is 5.02 Å². The van der Waals surface area contributed by atoms with E-state index >= 15 is 0 Å². The standard InChI is InChI=1S/C13H14BrClN2O2/c1-13(7-4-2-3-5-7)16-11(18)10-9(15)6-8(14)12(19)17(10)13/h6-7H,2-5H2,1H3,(H,16,18). The number of hydrogen-bond donors (Lipinski definition) is 1. The summed E-state index contributed by atoms with van der Waals surface area (Å²) in [7, 11) is 0. The highest BCUT2D eigenvalue weighted by molar-refractivity contribution is 9.10. The molecule has 0 saturated heterocycles. The normalized spacial score (nSPS) is 26.6. The SMILES string of the molecule is CC1(C2CCCC2)NC(=O)c2c(Cl)cc(Br)c(=O)n21. The van der Waals surface area contributed by atoms with Crippen LogP contribution in [0.15, 0.2) is 15.3 Å². The Labute approximate surface area is 124 Å². The molecule has 1 aliphatic heterocycles. The number of halogens is 2. The van der Waals surface area contributed by atoms with Crippen molar-refractivity contribution >= 4 is 33.4 Å². The van der Waals surface area contributed by atoms with Crippen molar-refractivity contribution in [2.45, 2.75) is 38.3 Å². The summed E-state index contributed by atoms with van der Waals surface area (Å²) in [5.41, 5.74) is -0.579. The molecule has 3 rings (SSSR count). The molecule has 0 bridgehead atoms. The summed E-state index contributed by atoms with van der Waals surface area (Å²) in [6.07, 6.45) is 4.32. The number of nitrogens with zero attached hydrogens (tertiary/aromatic N) is 1. The van der Waals surface area contributed by atoms with E-state index < -0.39 is 5.66 Å². The van der Waals surface area contributed by atoms with Crippen molar-refractivity contribution in [1.82, 2.24) is 9.88 Å². The number of pyridine rings is 1. The first-order valence-corrected chi connectivity index (χ1v) is 7.56. The van der Waals surface area contributed by atoms with Crippen molar-refractivity contribution in [3.8, 4) is 0 Å². The van der Waals surface area contributed by atoms with Gasteiger partial charge in [0.25, 0.3) is 11.5 Å². The van der Waals surface area contributed by atoms with Crippen molar-refractivity contribution in [3.63, 3.8) is 0 Å². The number of carbonyl (C=O) groups is 1. The molecule has 0 radical (unpaired) electrons. The largest absolute Gasteiger partial charge is 0.327 e. The number of carbonyl (C=O) groups excluding carboxylic acids is 1. The molecule has 1 aromatic heterocycles. The summed E-state index contributed by atoms with van der Waals surface area (Å²) in [4.78, 5) is 24.5. The van der Waals surface area contributed by atoms with Crippen molar-refractivity contribution in [2.24, 2.45) is 5.92 Å². The fourth-order valence-corrected chi connectivity index (χ4v) is 4.14. The highest BCUT2D eigenvalue weighted by Gasteiger charge is 2.47. The molecule has 2 heterocycles. The Hall–Kier alpha value is -0.810. The molecular formula is C13H14BrClN2O2. The van der Waals surface area contributed by atoms with Crippen LogP contribution < -0.4 is 10.9 Å². The number of nitrogens with one attached hydrogen (secondary N) is 1. The van der Waals surface area contributed by atoms with Gasteiger partial charge in [0.15, 0.2) is 0 Å². The summed E-state index contributed by atoms with van der Waals surface area (Å²) in [5.74, 6) is 0.0183. The van der Waals surface area contributed by atoms with E-state index in [1.54, 1.807) is 0 Å². The summed E-state index contributed by atoms with van der Waals surface area (Å²) >= 11 is 9.35. The van der Waals surface area contributed by atoms with Crippen LogP contribution in [0.25, 0.3) is 0 Å². The lowest BCUT2D eigenvalue weighted by Gasteiger charge is -2.33. The van der Waals surface area contributed by atoms with Gasteiger partial charge in [0.2, 0.25) is 0 Å². The fraction of sp³-hybridized carbons (Fsp3) is 0.538. The van der Waals surface area contributed by atoms with E-state index in [0.29, 0.717) is 9.50 Å². The van der Waals surface area contributed by atoms with Crippen LogP contribution in [0.4, 0.5) is 0 Å². The van der Waals surface area contributed by atoms with Gasteiger partial charge in [-0.25, -0.2) is 0 Å². The van der Waals surface area contributed by atoms with Crippen LogP contribution in [0.5, 0.6) is 0 Å². The summed E-state index contributed by atoms with van der Waals surface area (Å²) in [5, 5.41) is 3.28. The van der Waals surface area contributed by atoms with Gasteiger partial charge in [0.1, 0.15) is 11.4 Å². The third-order valence-corrected chi connectivity index (χ3v) is 5.16. The zero-order valence-electron chi connectivity index (χ0n) is 10.5. The lowest BCUT2D eigenvalue weighted by atomic mass is 9.92. The molecule has 1 aliphatic carbocycles. The number of rotatable bonds is 1. The van der Waals surface area contributed by atoms with Crippen molar-refractivity contribution in [2.75, 3.05) is 0 Å². The predicted octanol–water partition coefficient (Wildman–Crippen LogP) is 2.87. The molecule has 1 unspecified atom stereocenters. The lowest BCUT2D eigenvalue weighted by Crippen LogP contribution is -2.49. The predicted molar refractivity (Wildman–Crippen MR) is 76.5 cm³/mol. The minimum Gasteiger partial charge on any atom is -0.327 e. The third kappa shape index (κ3) is 1.78. The van der Waals surface area contributed by atoms with E-state index in [-0.39, 0.29) is 23.1 Å². The quantitative estimate of drug-likeness (QED) is 0.851. The van der Waals surface area contributed by atoms with Gasteiger partial charge in [0, 0.05) is 5.92 Å². The van der Waals surface area contributed by atoms with Gasteiger partial charge in [0.05, 0.1) is 9.50 Å². The van der Waals surface area contributed by atoms with Gasteiger partial charge < -0.3 is 5.32 Å². The average molecular weight is 346 g/mol. The van der Waals surface area contributed by atoms with Gasteiger partial charge in [-0.2, -0.15) is 0 Å². The summed E-state index contributed by atoms with van der Waals surface area (Å²) in [6.45, 7) is 1.92. The zero-order chi connectivity index (χ0) is 13.8. The number of fused-ring (bicyclic) bond motifs is 1. The van der Waals surface area contributed by atoms with Crippen molar-refractivity contribution in [3.05, 3.63) is 31.6 Å². The van der Waals surface area contributed by atoms with E-state index in [2.05, 4.69) is 21.2 Å². The first kappa shape index (κ1) is 13.2. The van der Waals surface area contributed by atoms with E-state index in [4.69, 9.17) is 11.6 Å². The maximum atomic E-state index is 12.4. The first-order chi connectivity index (χ1) is 8.95. The minimum atomic E-state index is -0.659. The van der Waals surface area contributed by atoms with Gasteiger partial charge >= 0.3 is 0 Å². The Balaban J connectivity index is 2.26. The Kier molecular flexibility index (Phi) is 3.02. The monoisotopic (exact) mass is 344 g/mol. The van der Waals surface area contributed by atoms with E-state index in [1.165, 1.54) is 10.6 Å². The van der Waals surface area contributed by atoms with Gasteiger partial charge in [-0.15, -0.1) is 0 Å². The molecule has 0 spiro atoms. The highest BCUT2D eigenvalue weighted by Crippen LogP contribution is 2.40. The van der Waals surface area contributed by atoms with Crippen LogP contribution in [0, 0.1) is 5.92 Å². The maximum absolute atomic E-state index is 12.4. The van der Waals surface area contributed by atoms with Crippen LogP contribution in [0.3, 0.4) is 0 Å². The molecule has 0 aromatic carbocycles. The molecule has 1 amide bonds. The van der Waals surface area contributed by atoms with Crippen LogP contribution in [-0.2, 0) is 5.66 Å². The molecule has 1 N–H and O–H groups in total. The van der Waals surface area contributed by atoms with Crippen LogP contribution in [0.1, 0.15) is 43.1 Å². The van der Waals surface area contributed by atoms with Crippen molar-refractivity contribution in [1.29, 1.82) is 0 Å². The Morgan fingerprint density at radius 2 is 2.05 bits per heavy atom. The molecule has 2 aliphatic rings. The van der Waals surface area contributed by atoms with E-state index in [0.717, 1.165) is 25.7 Å². The molecule has 1 atom stereocenters. The van der Waals surface area contributed by atoms with Gasteiger partial charge in [-0.1, -0.05) is 24.4 Å². The van der Waals surface area contributed by atoms with Crippen LogP contribution >= 0.6 is 27.5 Å². The lowest BCUT2D eigenvalue weighted by molar-refractivity contribution is 0.0874. The second-order valence-electron chi connectivity index (χ2n) is 5.41. The van der Waals surface area contributed by atoms with Gasteiger partial charge in [-0.05, 0) is 41.8 Å². The molecule has 1 fully saturated rings. The Bertz CT molecular complexity index is 622. The maximum Gasteiger partial charge on any atom is 0.271 e. The third-order valence-electron chi connectivity index (χ3n) is 4.31. The Morgan fingerprint density at radius 3 is 2.68 bits per heavy atom. The number of aromatic nitrogens is 1. The second kappa shape index (κ2) is 4.35. The first-order valence-electron chi connectivity index (χ1n) is 6.39. The molecule has 4 nitrogen and oxygen atoms in total. The number of amides is 1. The second-order valence-corrected chi connectivity index (χ2v) is 6.67.